The van der Waals surface area contributed by atoms with Crippen molar-refractivity contribution >= 4 is 15.9 Å². The lowest BCUT2D eigenvalue weighted by Crippen LogP contribution is -2.04. The molecule has 1 aromatic rings. The predicted octanol–water partition coefficient (Wildman–Crippen LogP) is 2.98. The van der Waals surface area contributed by atoms with Crippen LogP contribution in [0, 0.1) is 0 Å². The van der Waals surface area contributed by atoms with Gasteiger partial charge in [0.05, 0.1) is 7.11 Å². The maximum atomic E-state index is 5.06. The molecule has 0 radical (unpaired) electrons. The smallest absolute Gasteiger partial charge is 0.213 e. The van der Waals surface area contributed by atoms with E-state index in [0.717, 1.165) is 0 Å². The lowest BCUT2D eigenvalue weighted by molar-refractivity contribution is 0.397. The predicted molar refractivity (Wildman–Crippen MR) is 57.6 cm³/mol. The first-order chi connectivity index (χ1) is 6.15. The minimum absolute atomic E-state index is 0.458. The fourth-order valence-corrected chi connectivity index (χ4v) is 1.39. The molecule has 13 heavy (non-hydrogen) atoms. The number of hydrogen-bond donors (Lipinski definition) is 0. The summed E-state index contributed by atoms with van der Waals surface area (Å²) >= 11 is 3.56. The number of nitrogens with zero attached hydrogens (tertiary/aromatic N) is 1. The minimum atomic E-state index is 0.458. The van der Waals surface area contributed by atoms with Crippen molar-refractivity contribution in [2.75, 3.05) is 7.11 Å². The van der Waals surface area contributed by atoms with E-state index in [1.807, 2.05) is 12.1 Å². The zero-order valence-corrected chi connectivity index (χ0v) is 9.71. The Labute approximate surface area is 87.5 Å². The Morgan fingerprint density at radius 3 is 2.69 bits per heavy atom. The van der Waals surface area contributed by atoms with Crippen LogP contribution in [-0.4, -0.2) is 16.9 Å². The summed E-state index contributed by atoms with van der Waals surface area (Å²) in [6, 6.07) is 3.99. The maximum absolute atomic E-state index is 5.06. The molecule has 0 aliphatic rings. The van der Waals surface area contributed by atoms with E-state index in [4.69, 9.17) is 4.74 Å². The van der Waals surface area contributed by atoms with Crippen molar-refractivity contribution in [3.63, 3.8) is 0 Å². The summed E-state index contributed by atoms with van der Waals surface area (Å²) in [4.78, 5) is 4.52. The maximum Gasteiger partial charge on any atom is 0.213 e. The molecular weight excluding hydrogens is 230 g/mol. The first-order valence-electron chi connectivity index (χ1n) is 4.29. The molecule has 2 atom stereocenters. The van der Waals surface area contributed by atoms with Gasteiger partial charge in [0.25, 0.3) is 0 Å². The van der Waals surface area contributed by atoms with Crippen LogP contribution >= 0.6 is 15.9 Å². The second-order valence-corrected chi connectivity index (χ2v) is 4.54. The molecule has 1 rings (SSSR count). The third-order valence-electron chi connectivity index (χ3n) is 2.18. The van der Waals surface area contributed by atoms with Crippen molar-refractivity contribution in [2.45, 2.75) is 24.6 Å². The molecule has 0 aliphatic carbocycles. The quantitative estimate of drug-likeness (QED) is 0.762. The van der Waals surface area contributed by atoms with Crippen molar-refractivity contribution in [3.05, 3.63) is 23.9 Å². The Morgan fingerprint density at radius 2 is 2.15 bits per heavy atom. The molecule has 0 amide bonds. The summed E-state index contributed by atoms with van der Waals surface area (Å²) in [6.45, 7) is 4.31. The number of ether oxygens (including phenoxy) is 1. The summed E-state index contributed by atoms with van der Waals surface area (Å²) in [7, 11) is 1.63. The van der Waals surface area contributed by atoms with Gasteiger partial charge in [-0.2, -0.15) is 0 Å². The number of rotatable bonds is 3. The molecule has 1 heterocycles. The molecule has 0 saturated heterocycles. The molecule has 72 valence electrons. The number of halogens is 1. The molecule has 0 bridgehead atoms. The Hall–Kier alpha value is -0.570. The first kappa shape index (κ1) is 10.5. The molecule has 0 aliphatic heterocycles. The van der Waals surface area contributed by atoms with Crippen LogP contribution in [0.2, 0.25) is 0 Å². The molecular formula is C10H14BrNO. The van der Waals surface area contributed by atoms with E-state index in [0.29, 0.717) is 16.6 Å². The zero-order valence-electron chi connectivity index (χ0n) is 8.12. The highest BCUT2D eigenvalue weighted by molar-refractivity contribution is 9.09. The third-order valence-corrected chi connectivity index (χ3v) is 2.98. The monoisotopic (exact) mass is 243 g/mol. The lowest BCUT2D eigenvalue weighted by Gasteiger charge is -2.14. The van der Waals surface area contributed by atoms with Crippen LogP contribution in [0.1, 0.15) is 25.3 Å². The van der Waals surface area contributed by atoms with Crippen LogP contribution in [0.3, 0.4) is 0 Å². The van der Waals surface area contributed by atoms with Gasteiger partial charge in [0, 0.05) is 17.1 Å². The van der Waals surface area contributed by atoms with Crippen LogP contribution in [-0.2, 0) is 0 Å². The highest BCUT2D eigenvalue weighted by atomic mass is 79.9. The molecule has 3 heteroatoms. The molecule has 0 N–H and O–H groups in total. The van der Waals surface area contributed by atoms with Gasteiger partial charge < -0.3 is 4.74 Å². The van der Waals surface area contributed by atoms with Gasteiger partial charge in [-0.15, -0.1) is 0 Å². The van der Waals surface area contributed by atoms with Crippen molar-refractivity contribution < 1.29 is 4.74 Å². The number of pyridine rings is 1. The second kappa shape index (κ2) is 4.61. The van der Waals surface area contributed by atoms with Crippen LogP contribution < -0.4 is 4.74 Å². The van der Waals surface area contributed by atoms with Gasteiger partial charge in [0.15, 0.2) is 0 Å². The molecule has 1 aromatic heterocycles. The fourth-order valence-electron chi connectivity index (χ4n) is 1.08. The van der Waals surface area contributed by atoms with Gasteiger partial charge in [-0.25, -0.2) is 4.98 Å². The van der Waals surface area contributed by atoms with Gasteiger partial charge >= 0.3 is 0 Å². The zero-order chi connectivity index (χ0) is 9.84. The summed E-state index contributed by atoms with van der Waals surface area (Å²) in [5.74, 6) is 1.15. The normalized spacial score (nSPS) is 15.1. The summed E-state index contributed by atoms with van der Waals surface area (Å²) < 4.78 is 5.06. The minimum Gasteiger partial charge on any atom is -0.481 e. The van der Waals surface area contributed by atoms with E-state index < -0.39 is 0 Å². The van der Waals surface area contributed by atoms with E-state index >= 15 is 0 Å². The number of alkyl halides is 1. The van der Waals surface area contributed by atoms with Crippen LogP contribution in [0.25, 0.3) is 0 Å². The topological polar surface area (TPSA) is 22.1 Å². The average Bonchev–Trinajstić information content (AvgIpc) is 2.16. The largest absolute Gasteiger partial charge is 0.481 e. The van der Waals surface area contributed by atoms with Gasteiger partial charge in [-0.1, -0.05) is 29.8 Å². The van der Waals surface area contributed by atoms with Crippen molar-refractivity contribution in [2.24, 2.45) is 0 Å². The van der Waals surface area contributed by atoms with E-state index in [9.17, 15) is 0 Å². The van der Waals surface area contributed by atoms with Crippen LogP contribution in [0.4, 0.5) is 0 Å². The van der Waals surface area contributed by atoms with Crippen molar-refractivity contribution in [3.8, 4) is 5.88 Å². The molecule has 2 unspecified atom stereocenters. The van der Waals surface area contributed by atoms with E-state index in [2.05, 4.69) is 34.8 Å². The number of methoxy groups -OCH3 is 1. The summed E-state index contributed by atoms with van der Waals surface area (Å²) in [5, 5.41) is 0. The van der Waals surface area contributed by atoms with E-state index in [1.54, 1.807) is 13.3 Å². The third kappa shape index (κ3) is 2.69. The van der Waals surface area contributed by atoms with E-state index in [1.165, 1.54) is 5.56 Å². The Bertz CT molecular complexity index is 275. The number of aromatic nitrogens is 1. The molecule has 0 fully saturated rings. The standard InChI is InChI=1S/C10H14BrNO/c1-7(8(2)11)9-4-5-12-10(6-9)13-3/h4-8H,1-3H3. The SMILES string of the molecule is COc1cc(C(C)C(C)Br)ccn1. The van der Waals surface area contributed by atoms with Gasteiger partial charge in [0.2, 0.25) is 5.88 Å². The Kier molecular flexibility index (Phi) is 3.72. The second-order valence-electron chi connectivity index (χ2n) is 3.10. The van der Waals surface area contributed by atoms with E-state index in [-0.39, 0.29) is 0 Å². The fraction of sp³-hybridized carbons (Fsp3) is 0.500. The van der Waals surface area contributed by atoms with Crippen molar-refractivity contribution in [1.29, 1.82) is 0 Å². The van der Waals surface area contributed by atoms with Gasteiger partial charge in [0.1, 0.15) is 0 Å². The van der Waals surface area contributed by atoms with Crippen LogP contribution in [0.5, 0.6) is 5.88 Å². The number of hydrogen-bond acceptors (Lipinski definition) is 2. The Morgan fingerprint density at radius 1 is 1.46 bits per heavy atom. The highest BCUT2D eigenvalue weighted by Crippen LogP contribution is 2.25. The molecule has 0 spiro atoms. The average molecular weight is 244 g/mol. The van der Waals surface area contributed by atoms with Crippen LogP contribution in [0.15, 0.2) is 18.3 Å². The molecule has 0 saturated carbocycles. The van der Waals surface area contributed by atoms with Gasteiger partial charge in [-0.05, 0) is 17.5 Å². The Balaban J connectivity index is 2.88. The molecule has 2 nitrogen and oxygen atoms in total. The lowest BCUT2D eigenvalue weighted by atomic mass is 10.00. The highest BCUT2D eigenvalue weighted by Gasteiger charge is 2.11. The molecule has 0 aromatic carbocycles. The summed E-state index contributed by atoms with van der Waals surface area (Å²) in [5.41, 5.74) is 1.25. The van der Waals surface area contributed by atoms with Gasteiger partial charge in [-0.3, -0.25) is 0 Å². The summed E-state index contributed by atoms with van der Waals surface area (Å²) in [6.07, 6.45) is 1.78. The van der Waals surface area contributed by atoms with Crippen molar-refractivity contribution in [1.82, 2.24) is 4.98 Å². The first-order valence-corrected chi connectivity index (χ1v) is 5.20.